The molecule has 0 saturated carbocycles. The maximum atomic E-state index is 11.0. The zero-order valence-corrected chi connectivity index (χ0v) is 11.4. The Hall–Kier alpha value is -2.49. The lowest BCUT2D eigenvalue weighted by Gasteiger charge is -2.02. The Morgan fingerprint density at radius 2 is 1.90 bits per heavy atom. The molecular weight excluding hydrogens is 282 g/mol. The first-order valence-corrected chi connectivity index (χ1v) is 6.35. The SMILES string of the molecule is Cn1cnc([N+](=O)[O-])c1Sc1ncnc2c1ncn2C. The predicted molar refractivity (Wildman–Crippen MR) is 70.3 cm³/mol. The molecule has 0 aromatic carbocycles. The summed E-state index contributed by atoms with van der Waals surface area (Å²) in [5, 5.41) is 11.9. The van der Waals surface area contributed by atoms with Gasteiger partial charge in [-0.15, -0.1) is 0 Å². The van der Waals surface area contributed by atoms with Gasteiger partial charge in [0.2, 0.25) is 6.33 Å². The second-order valence-electron chi connectivity index (χ2n) is 4.05. The van der Waals surface area contributed by atoms with Crippen LogP contribution in [0.4, 0.5) is 5.82 Å². The summed E-state index contributed by atoms with van der Waals surface area (Å²) in [6, 6.07) is 0. The van der Waals surface area contributed by atoms with E-state index in [1.807, 2.05) is 7.05 Å². The molecule has 0 bridgehead atoms. The van der Waals surface area contributed by atoms with Crippen LogP contribution < -0.4 is 0 Å². The van der Waals surface area contributed by atoms with E-state index in [4.69, 9.17) is 0 Å². The molecule has 0 aliphatic carbocycles. The first-order valence-electron chi connectivity index (χ1n) is 5.53. The predicted octanol–water partition coefficient (Wildman–Crippen LogP) is 1.16. The van der Waals surface area contributed by atoms with E-state index in [2.05, 4.69) is 19.9 Å². The van der Waals surface area contributed by atoms with Gasteiger partial charge in [0.15, 0.2) is 10.7 Å². The van der Waals surface area contributed by atoms with Gasteiger partial charge in [0, 0.05) is 14.1 Å². The summed E-state index contributed by atoms with van der Waals surface area (Å²) in [5.41, 5.74) is 1.28. The van der Waals surface area contributed by atoms with E-state index in [0.29, 0.717) is 21.2 Å². The molecule has 0 aliphatic rings. The Morgan fingerprint density at radius 3 is 2.65 bits per heavy atom. The first kappa shape index (κ1) is 12.5. The third-order valence-electron chi connectivity index (χ3n) is 2.69. The molecule has 3 aromatic heterocycles. The summed E-state index contributed by atoms with van der Waals surface area (Å²) in [7, 11) is 3.52. The van der Waals surface area contributed by atoms with E-state index < -0.39 is 4.92 Å². The van der Waals surface area contributed by atoms with Crippen molar-refractivity contribution in [3.63, 3.8) is 0 Å². The summed E-state index contributed by atoms with van der Waals surface area (Å²) >= 11 is 1.15. The highest BCUT2D eigenvalue weighted by Gasteiger charge is 2.23. The number of nitro groups is 1. The van der Waals surface area contributed by atoms with E-state index in [0.717, 1.165) is 11.8 Å². The average Bonchev–Trinajstić information content (AvgIpc) is 2.96. The van der Waals surface area contributed by atoms with Crippen LogP contribution in [0, 0.1) is 10.1 Å². The van der Waals surface area contributed by atoms with Crippen molar-refractivity contribution in [3.05, 3.63) is 29.1 Å². The van der Waals surface area contributed by atoms with E-state index in [9.17, 15) is 10.1 Å². The molecule has 102 valence electrons. The second kappa shape index (κ2) is 4.56. The van der Waals surface area contributed by atoms with Crippen LogP contribution in [0.15, 0.2) is 29.0 Å². The number of fused-ring (bicyclic) bond motifs is 1. The number of imidazole rings is 2. The van der Waals surface area contributed by atoms with E-state index in [1.54, 1.807) is 22.5 Å². The Labute approximate surface area is 116 Å². The van der Waals surface area contributed by atoms with Crippen LogP contribution in [0.1, 0.15) is 0 Å². The highest BCUT2D eigenvalue weighted by atomic mass is 32.2. The molecule has 3 rings (SSSR count). The fraction of sp³-hybridized carbons (Fsp3) is 0.200. The van der Waals surface area contributed by atoms with Crippen molar-refractivity contribution in [3.8, 4) is 0 Å². The standard InChI is InChI=1S/C10H9N7O2S/c1-15-4-13-6-7(15)11-3-12-9(6)20-10-8(17(18)19)14-5-16(10)2/h3-5H,1-2H3. The minimum Gasteiger partial charge on any atom is -0.358 e. The van der Waals surface area contributed by atoms with Crippen molar-refractivity contribution in [2.24, 2.45) is 14.1 Å². The lowest BCUT2D eigenvalue weighted by Crippen LogP contribution is -1.95. The number of aromatic nitrogens is 6. The van der Waals surface area contributed by atoms with Gasteiger partial charge < -0.3 is 19.2 Å². The van der Waals surface area contributed by atoms with Crippen molar-refractivity contribution in [2.75, 3.05) is 0 Å². The van der Waals surface area contributed by atoms with Gasteiger partial charge in [-0.3, -0.25) is 0 Å². The summed E-state index contributed by atoms with van der Waals surface area (Å²) < 4.78 is 3.35. The molecular formula is C10H9N7O2S. The highest BCUT2D eigenvalue weighted by molar-refractivity contribution is 7.99. The normalized spacial score (nSPS) is 11.1. The fourth-order valence-electron chi connectivity index (χ4n) is 1.74. The summed E-state index contributed by atoms with van der Waals surface area (Å²) in [6.07, 6.45) is 4.44. The van der Waals surface area contributed by atoms with Crippen molar-refractivity contribution in [2.45, 2.75) is 10.1 Å². The topological polar surface area (TPSA) is 105 Å². The van der Waals surface area contributed by atoms with Crippen LogP contribution in [0.3, 0.4) is 0 Å². The van der Waals surface area contributed by atoms with Crippen molar-refractivity contribution >= 4 is 28.7 Å². The van der Waals surface area contributed by atoms with Gasteiger partial charge in [-0.2, -0.15) is 0 Å². The Morgan fingerprint density at radius 1 is 1.15 bits per heavy atom. The maximum absolute atomic E-state index is 11.0. The van der Waals surface area contributed by atoms with Gasteiger partial charge in [0.1, 0.15) is 16.9 Å². The molecule has 0 aliphatic heterocycles. The number of hydrogen-bond acceptors (Lipinski definition) is 7. The highest BCUT2D eigenvalue weighted by Crippen LogP contribution is 2.34. The summed E-state index contributed by atoms with van der Waals surface area (Å²) in [4.78, 5) is 26.7. The van der Waals surface area contributed by atoms with Crippen LogP contribution in [0.25, 0.3) is 11.2 Å². The van der Waals surface area contributed by atoms with Gasteiger partial charge >= 0.3 is 5.82 Å². The van der Waals surface area contributed by atoms with Crippen LogP contribution in [0.5, 0.6) is 0 Å². The Balaban J connectivity index is 2.10. The first-order chi connectivity index (χ1) is 9.58. The average molecular weight is 291 g/mol. The summed E-state index contributed by atoms with van der Waals surface area (Å²) in [6.45, 7) is 0. The second-order valence-corrected chi connectivity index (χ2v) is 5.03. The lowest BCUT2D eigenvalue weighted by molar-refractivity contribution is -0.392. The molecule has 0 unspecified atom stereocenters. The molecule has 0 atom stereocenters. The molecule has 0 saturated heterocycles. The molecule has 0 radical (unpaired) electrons. The van der Waals surface area contributed by atoms with Gasteiger partial charge in [-0.05, 0) is 21.7 Å². The monoisotopic (exact) mass is 291 g/mol. The van der Waals surface area contributed by atoms with Crippen LogP contribution in [-0.4, -0.2) is 34.0 Å². The minimum atomic E-state index is -0.515. The molecule has 0 spiro atoms. The van der Waals surface area contributed by atoms with Crippen LogP contribution in [-0.2, 0) is 14.1 Å². The van der Waals surface area contributed by atoms with Crippen molar-refractivity contribution < 1.29 is 4.92 Å². The number of nitrogens with zero attached hydrogens (tertiary/aromatic N) is 7. The largest absolute Gasteiger partial charge is 0.396 e. The van der Waals surface area contributed by atoms with E-state index in [-0.39, 0.29) is 5.82 Å². The maximum Gasteiger partial charge on any atom is 0.396 e. The van der Waals surface area contributed by atoms with Crippen LogP contribution in [0.2, 0.25) is 0 Å². The minimum absolute atomic E-state index is 0.194. The molecule has 20 heavy (non-hydrogen) atoms. The molecule has 10 heteroatoms. The van der Waals surface area contributed by atoms with Gasteiger partial charge in [-0.25, -0.2) is 15.0 Å². The van der Waals surface area contributed by atoms with Crippen LogP contribution >= 0.6 is 11.8 Å². The lowest BCUT2D eigenvalue weighted by atomic mass is 10.5. The van der Waals surface area contributed by atoms with Gasteiger partial charge in [0.05, 0.1) is 6.33 Å². The van der Waals surface area contributed by atoms with E-state index >= 15 is 0 Å². The Kier molecular flexibility index (Phi) is 2.86. The Bertz CT molecular complexity index is 809. The van der Waals surface area contributed by atoms with Gasteiger partial charge in [0.25, 0.3) is 0 Å². The van der Waals surface area contributed by atoms with Crippen molar-refractivity contribution in [1.82, 2.24) is 29.1 Å². The molecule has 3 aromatic rings. The number of aryl methyl sites for hydroxylation is 2. The third kappa shape index (κ3) is 1.90. The number of rotatable bonds is 3. The summed E-state index contributed by atoms with van der Waals surface area (Å²) in [5.74, 6) is -0.194. The zero-order chi connectivity index (χ0) is 14.3. The number of hydrogen-bond donors (Lipinski definition) is 0. The van der Waals surface area contributed by atoms with Crippen molar-refractivity contribution in [1.29, 1.82) is 0 Å². The molecule has 3 heterocycles. The fourth-order valence-corrected chi connectivity index (χ4v) is 2.67. The smallest absolute Gasteiger partial charge is 0.358 e. The molecule has 0 amide bonds. The quantitative estimate of drug-likeness (QED) is 0.405. The molecule has 0 N–H and O–H groups in total. The third-order valence-corrected chi connectivity index (χ3v) is 3.85. The van der Waals surface area contributed by atoms with E-state index in [1.165, 1.54) is 12.7 Å². The molecule has 9 nitrogen and oxygen atoms in total. The zero-order valence-electron chi connectivity index (χ0n) is 10.6. The van der Waals surface area contributed by atoms with Gasteiger partial charge in [-0.1, -0.05) is 0 Å². The molecule has 0 fully saturated rings.